The summed E-state index contributed by atoms with van der Waals surface area (Å²) in [7, 11) is 3.34. The smallest absolute Gasteiger partial charge is 0.244 e. The van der Waals surface area contributed by atoms with Crippen molar-refractivity contribution in [3.8, 4) is 5.75 Å². The van der Waals surface area contributed by atoms with Crippen LogP contribution in [0.1, 0.15) is 20.3 Å². The van der Waals surface area contributed by atoms with Crippen LogP contribution < -0.4 is 15.8 Å². The topological polar surface area (TPSA) is 67.6 Å². The first kappa shape index (κ1) is 16.1. The minimum absolute atomic E-state index is 0.0928. The Kier molecular flexibility index (Phi) is 5.61. The summed E-state index contributed by atoms with van der Waals surface area (Å²) in [5.41, 5.74) is 6.49. The van der Waals surface area contributed by atoms with Crippen LogP contribution in [-0.4, -0.2) is 37.6 Å². The molecule has 0 fully saturated rings. The highest BCUT2D eigenvalue weighted by atomic mass is 19.1. The Morgan fingerprint density at radius 1 is 1.50 bits per heavy atom. The van der Waals surface area contributed by atoms with Gasteiger partial charge < -0.3 is 20.7 Å². The Balaban J connectivity index is 2.91. The van der Waals surface area contributed by atoms with Crippen LogP contribution in [0.2, 0.25) is 0 Å². The van der Waals surface area contributed by atoms with Crippen molar-refractivity contribution in [1.29, 1.82) is 0 Å². The van der Waals surface area contributed by atoms with E-state index < -0.39 is 11.9 Å². The van der Waals surface area contributed by atoms with E-state index in [2.05, 4.69) is 5.32 Å². The van der Waals surface area contributed by atoms with Gasteiger partial charge in [-0.25, -0.2) is 4.39 Å². The average molecular weight is 283 g/mol. The summed E-state index contributed by atoms with van der Waals surface area (Å²) in [5.74, 6) is -0.467. The number of nitrogens with zero attached hydrogens (tertiary/aromatic N) is 1. The number of nitrogens with two attached hydrogens (primary N) is 1. The second kappa shape index (κ2) is 6.98. The number of nitrogen functional groups attached to an aromatic ring is 1. The molecule has 112 valence electrons. The maximum Gasteiger partial charge on any atom is 0.244 e. The molecule has 20 heavy (non-hydrogen) atoms. The molecule has 0 aromatic heterocycles. The number of hydrogen-bond acceptors (Lipinski definition) is 4. The quantitative estimate of drug-likeness (QED) is 0.784. The molecule has 0 bridgehead atoms. The second-order valence-electron chi connectivity index (χ2n) is 4.82. The van der Waals surface area contributed by atoms with Crippen LogP contribution in [0.25, 0.3) is 0 Å². The van der Waals surface area contributed by atoms with E-state index in [0.717, 1.165) is 6.42 Å². The van der Waals surface area contributed by atoms with E-state index in [1.165, 1.54) is 17.0 Å². The number of hydrogen-bond donors (Lipinski definition) is 2. The molecule has 0 heterocycles. The molecule has 5 nitrogen and oxygen atoms in total. The minimum Gasteiger partial charge on any atom is -0.490 e. The Morgan fingerprint density at radius 3 is 2.70 bits per heavy atom. The van der Waals surface area contributed by atoms with E-state index in [1.807, 2.05) is 6.92 Å². The van der Waals surface area contributed by atoms with Crippen molar-refractivity contribution in [2.24, 2.45) is 0 Å². The maximum absolute atomic E-state index is 13.7. The largest absolute Gasteiger partial charge is 0.490 e. The van der Waals surface area contributed by atoms with Gasteiger partial charge in [0.25, 0.3) is 0 Å². The third kappa shape index (κ3) is 4.01. The van der Waals surface area contributed by atoms with Gasteiger partial charge in [0, 0.05) is 26.2 Å². The van der Waals surface area contributed by atoms with Crippen LogP contribution in [-0.2, 0) is 4.79 Å². The lowest BCUT2D eigenvalue weighted by molar-refractivity contribution is -0.129. The van der Waals surface area contributed by atoms with Crippen molar-refractivity contribution in [1.82, 2.24) is 4.90 Å². The first-order valence-electron chi connectivity index (χ1n) is 6.56. The monoisotopic (exact) mass is 283 g/mol. The number of anilines is 2. The summed E-state index contributed by atoms with van der Waals surface area (Å²) in [6.45, 7) is 4.08. The number of rotatable bonds is 6. The zero-order valence-electron chi connectivity index (χ0n) is 12.4. The van der Waals surface area contributed by atoms with E-state index >= 15 is 0 Å². The summed E-state index contributed by atoms with van der Waals surface area (Å²) in [6.07, 6.45) is 0.780. The van der Waals surface area contributed by atoms with Crippen molar-refractivity contribution in [2.75, 3.05) is 31.8 Å². The van der Waals surface area contributed by atoms with E-state index in [4.69, 9.17) is 10.5 Å². The Morgan fingerprint density at radius 2 is 2.15 bits per heavy atom. The lowest BCUT2D eigenvalue weighted by Gasteiger charge is -2.20. The molecule has 1 aromatic rings. The van der Waals surface area contributed by atoms with Crippen LogP contribution in [0.3, 0.4) is 0 Å². The molecule has 1 rings (SSSR count). The summed E-state index contributed by atoms with van der Waals surface area (Å²) < 4.78 is 19.0. The third-order valence-electron chi connectivity index (χ3n) is 2.75. The van der Waals surface area contributed by atoms with Gasteiger partial charge in [-0.15, -0.1) is 0 Å². The van der Waals surface area contributed by atoms with E-state index in [-0.39, 0.29) is 17.3 Å². The predicted octanol–water partition coefficient (Wildman–Crippen LogP) is 2.09. The first-order chi connectivity index (χ1) is 9.36. The van der Waals surface area contributed by atoms with Gasteiger partial charge in [0.2, 0.25) is 5.91 Å². The molecule has 0 saturated carbocycles. The second-order valence-corrected chi connectivity index (χ2v) is 4.82. The molecule has 1 aromatic carbocycles. The number of ether oxygens (including phenoxy) is 1. The van der Waals surface area contributed by atoms with Crippen molar-refractivity contribution < 1.29 is 13.9 Å². The molecule has 3 N–H and O–H groups in total. The van der Waals surface area contributed by atoms with E-state index in [9.17, 15) is 9.18 Å². The van der Waals surface area contributed by atoms with Crippen molar-refractivity contribution >= 4 is 17.3 Å². The zero-order valence-corrected chi connectivity index (χ0v) is 12.4. The molecular weight excluding hydrogens is 261 g/mol. The molecule has 6 heteroatoms. The number of likely N-dealkylation sites (N-methyl/N-ethyl adjacent to an activating group) is 1. The van der Waals surface area contributed by atoms with Crippen LogP contribution in [0.5, 0.6) is 5.75 Å². The lowest BCUT2D eigenvalue weighted by Crippen LogP contribution is -2.36. The number of carbonyl (C=O) groups excluding carboxylic acids is 1. The Bertz CT molecular complexity index is 478. The summed E-state index contributed by atoms with van der Waals surface area (Å²) in [5, 5.41) is 2.97. The predicted molar refractivity (Wildman–Crippen MR) is 78.4 cm³/mol. The fourth-order valence-electron chi connectivity index (χ4n) is 1.70. The maximum atomic E-state index is 13.7. The minimum atomic E-state index is -0.506. The van der Waals surface area contributed by atoms with Gasteiger partial charge in [0.1, 0.15) is 6.04 Å². The summed E-state index contributed by atoms with van der Waals surface area (Å²) >= 11 is 0. The number of carbonyl (C=O) groups is 1. The Hall–Kier alpha value is -1.98. The van der Waals surface area contributed by atoms with Crippen LogP contribution in [0.4, 0.5) is 15.8 Å². The molecule has 1 unspecified atom stereocenters. The van der Waals surface area contributed by atoms with Gasteiger partial charge in [-0.05, 0) is 13.3 Å². The van der Waals surface area contributed by atoms with E-state index in [1.54, 1.807) is 21.0 Å². The molecule has 0 spiro atoms. The molecule has 0 saturated heterocycles. The lowest BCUT2D eigenvalue weighted by atomic mass is 10.2. The van der Waals surface area contributed by atoms with Crippen molar-refractivity contribution in [2.45, 2.75) is 26.3 Å². The number of halogens is 1. The van der Waals surface area contributed by atoms with Gasteiger partial charge >= 0.3 is 0 Å². The first-order valence-corrected chi connectivity index (χ1v) is 6.56. The van der Waals surface area contributed by atoms with Crippen molar-refractivity contribution in [3.63, 3.8) is 0 Å². The standard InChI is InChI=1S/C14H22FN3O2/c1-5-6-20-13-8-12(11(16)7-10(13)15)17-9(2)14(19)18(3)4/h7-9,17H,5-6,16H2,1-4H3. The highest BCUT2D eigenvalue weighted by molar-refractivity contribution is 5.85. The summed E-state index contributed by atoms with van der Waals surface area (Å²) in [6, 6.07) is 2.22. The van der Waals surface area contributed by atoms with Gasteiger partial charge in [-0.3, -0.25) is 4.79 Å². The number of amides is 1. The van der Waals surface area contributed by atoms with Gasteiger partial charge in [-0.2, -0.15) is 0 Å². The normalized spacial score (nSPS) is 11.8. The highest BCUT2D eigenvalue weighted by Crippen LogP contribution is 2.29. The molecule has 0 aliphatic carbocycles. The zero-order chi connectivity index (χ0) is 15.3. The fraction of sp³-hybridized carbons (Fsp3) is 0.500. The number of nitrogens with one attached hydrogen (secondary N) is 1. The SMILES string of the molecule is CCCOc1cc(NC(C)C(=O)N(C)C)c(N)cc1F. The van der Waals surface area contributed by atoms with Crippen LogP contribution in [0, 0.1) is 5.82 Å². The van der Waals surface area contributed by atoms with E-state index in [0.29, 0.717) is 12.3 Å². The van der Waals surface area contributed by atoms with Gasteiger partial charge in [0.05, 0.1) is 18.0 Å². The molecule has 1 amide bonds. The highest BCUT2D eigenvalue weighted by Gasteiger charge is 2.17. The molecule has 1 atom stereocenters. The van der Waals surface area contributed by atoms with Crippen molar-refractivity contribution in [3.05, 3.63) is 17.9 Å². The summed E-state index contributed by atoms with van der Waals surface area (Å²) in [4.78, 5) is 13.3. The fourth-order valence-corrected chi connectivity index (χ4v) is 1.70. The molecular formula is C14H22FN3O2. The van der Waals surface area contributed by atoms with Gasteiger partial charge in [0.15, 0.2) is 11.6 Å². The van der Waals surface area contributed by atoms with Crippen LogP contribution >= 0.6 is 0 Å². The Labute approximate surface area is 118 Å². The van der Waals surface area contributed by atoms with Gasteiger partial charge in [-0.1, -0.05) is 6.92 Å². The van der Waals surface area contributed by atoms with Crippen LogP contribution in [0.15, 0.2) is 12.1 Å². The third-order valence-corrected chi connectivity index (χ3v) is 2.75. The number of benzene rings is 1. The molecule has 0 aliphatic heterocycles. The molecule has 0 radical (unpaired) electrons. The molecule has 0 aliphatic rings. The average Bonchev–Trinajstić information content (AvgIpc) is 2.39.